The Hall–Kier alpha value is -4.40. The maximum Gasteiger partial charge on any atom is 0.268 e. The molecule has 1 unspecified atom stereocenters. The van der Waals surface area contributed by atoms with E-state index in [0.717, 1.165) is 11.4 Å². The topological polar surface area (TPSA) is 107 Å². The summed E-state index contributed by atoms with van der Waals surface area (Å²) >= 11 is 0. The van der Waals surface area contributed by atoms with Crippen LogP contribution in [0.25, 0.3) is 27.6 Å². The summed E-state index contributed by atoms with van der Waals surface area (Å²) in [6, 6.07) is 17.0. The molecule has 9 heteroatoms. The van der Waals surface area contributed by atoms with E-state index in [1.807, 2.05) is 61.5 Å². The zero-order chi connectivity index (χ0) is 22.4. The molecular formula is C24H20N6O3. The van der Waals surface area contributed by atoms with E-state index in [9.17, 15) is 4.79 Å². The number of pyridine rings is 1. The Labute approximate surface area is 188 Å². The molecule has 1 atom stereocenters. The molecule has 2 aromatic carbocycles. The van der Waals surface area contributed by atoms with Crippen molar-refractivity contribution in [3.05, 3.63) is 76.8 Å². The molecule has 0 radical (unpaired) electrons. The van der Waals surface area contributed by atoms with Crippen LogP contribution < -0.4 is 20.3 Å². The average molecular weight is 440 g/mol. The Morgan fingerprint density at radius 1 is 1.12 bits per heavy atom. The molecule has 0 fully saturated rings. The highest BCUT2D eigenvalue weighted by Crippen LogP contribution is 2.31. The fourth-order valence-corrected chi connectivity index (χ4v) is 4.07. The summed E-state index contributed by atoms with van der Waals surface area (Å²) in [5.41, 5.74) is 2.29. The number of nitrogens with one attached hydrogen (secondary N) is 2. The van der Waals surface area contributed by atoms with Crippen LogP contribution in [-0.4, -0.2) is 44.0 Å². The van der Waals surface area contributed by atoms with Crippen molar-refractivity contribution in [2.24, 2.45) is 0 Å². The van der Waals surface area contributed by atoms with Gasteiger partial charge >= 0.3 is 0 Å². The smallest absolute Gasteiger partial charge is 0.268 e. The van der Waals surface area contributed by atoms with Crippen molar-refractivity contribution < 1.29 is 9.47 Å². The molecule has 0 saturated heterocycles. The van der Waals surface area contributed by atoms with E-state index >= 15 is 0 Å². The predicted octanol–water partition coefficient (Wildman–Crippen LogP) is 3.22. The van der Waals surface area contributed by atoms with Crippen molar-refractivity contribution in [1.82, 2.24) is 24.7 Å². The van der Waals surface area contributed by atoms with Gasteiger partial charge in [0, 0.05) is 11.9 Å². The minimum absolute atomic E-state index is 0.180. The number of aryl methyl sites for hydroxylation is 1. The molecule has 0 spiro atoms. The second kappa shape index (κ2) is 7.63. The molecule has 6 rings (SSSR count). The molecular weight excluding hydrogens is 420 g/mol. The van der Waals surface area contributed by atoms with Crippen molar-refractivity contribution in [1.29, 1.82) is 0 Å². The van der Waals surface area contributed by atoms with E-state index in [-0.39, 0.29) is 11.7 Å². The van der Waals surface area contributed by atoms with Gasteiger partial charge in [-0.25, -0.2) is 4.98 Å². The number of nitrogens with zero attached hydrogens (tertiary/aromatic N) is 4. The van der Waals surface area contributed by atoms with Gasteiger partial charge in [-0.15, -0.1) is 0 Å². The number of ether oxygens (including phenoxy) is 2. The summed E-state index contributed by atoms with van der Waals surface area (Å²) < 4.78 is 13.4. The third kappa shape index (κ3) is 3.25. The molecule has 0 aliphatic carbocycles. The summed E-state index contributed by atoms with van der Waals surface area (Å²) in [6.07, 6.45) is 1.49. The first kappa shape index (κ1) is 19.3. The van der Waals surface area contributed by atoms with Gasteiger partial charge in [-0.1, -0.05) is 30.3 Å². The number of hydrogen-bond donors (Lipinski definition) is 2. The van der Waals surface area contributed by atoms with Crippen LogP contribution in [-0.2, 0) is 0 Å². The second-order valence-corrected chi connectivity index (χ2v) is 7.86. The first-order chi connectivity index (χ1) is 16.2. The lowest BCUT2D eigenvalue weighted by atomic mass is 10.2. The number of aromatic nitrogens is 5. The number of para-hydroxylation sites is 3. The molecule has 0 amide bonds. The highest BCUT2D eigenvalue weighted by atomic mass is 16.6. The first-order valence-corrected chi connectivity index (χ1v) is 10.6. The Morgan fingerprint density at radius 3 is 2.76 bits per heavy atom. The van der Waals surface area contributed by atoms with E-state index in [1.54, 1.807) is 10.8 Å². The van der Waals surface area contributed by atoms with Crippen LogP contribution in [0.15, 0.2) is 65.6 Å². The van der Waals surface area contributed by atoms with Crippen molar-refractivity contribution in [3.8, 4) is 17.2 Å². The molecule has 5 aromatic rings. The van der Waals surface area contributed by atoms with Crippen LogP contribution in [0.1, 0.15) is 5.69 Å². The molecule has 33 heavy (non-hydrogen) atoms. The molecule has 0 bridgehead atoms. The zero-order valence-electron chi connectivity index (χ0n) is 17.8. The molecule has 0 saturated carbocycles. The fraction of sp³-hybridized carbons (Fsp3) is 0.167. The van der Waals surface area contributed by atoms with Crippen LogP contribution in [0.4, 0.5) is 5.95 Å². The number of hydrogen-bond acceptors (Lipinski definition) is 7. The maximum atomic E-state index is 13.4. The van der Waals surface area contributed by atoms with Crippen LogP contribution in [0.3, 0.4) is 0 Å². The highest BCUT2D eigenvalue weighted by molar-refractivity contribution is 6.03. The Balaban J connectivity index is 1.39. The highest BCUT2D eigenvalue weighted by Gasteiger charge is 2.22. The van der Waals surface area contributed by atoms with Gasteiger partial charge in [0.05, 0.1) is 23.0 Å². The third-order valence-electron chi connectivity index (χ3n) is 5.67. The summed E-state index contributed by atoms with van der Waals surface area (Å²) in [6.45, 7) is 2.69. The van der Waals surface area contributed by atoms with Crippen molar-refractivity contribution in [2.75, 3.05) is 18.5 Å². The molecule has 164 valence electrons. The van der Waals surface area contributed by atoms with Crippen LogP contribution >= 0.6 is 0 Å². The molecule has 3 aromatic heterocycles. The van der Waals surface area contributed by atoms with Gasteiger partial charge in [-0.2, -0.15) is 10.1 Å². The lowest BCUT2D eigenvalue weighted by Crippen LogP contribution is -2.35. The van der Waals surface area contributed by atoms with Crippen LogP contribution in [0, 0.1) is 6.92 Å². The van der Waals surface area contributed by atoms with Crippen molar-refractivity contribution in [2.45, 2.75) is 13.0 Å². The van der Waals surface area contributed by atoms with Gasteiger partial charge in [0.1, 0.15) is 18.2 Å². The minimum Gasteiger partial charge on any atom is -0.486 e. The van der Waals surface area contributed by atoms with Gasteiger partial charge in [0.2, 0.25) is 5.95 Å². The lowest BCUT2D eigenvalue weighted by molar-refractivity contribution is 0.0996. The molecule has 4 heterocycles. The molecule has 1 aliphatic rings. The van der Waals surface area contributed by atoms with E-state index in [1.165, 1.54) is 0 Å². The largest absolute Gasteiger partial charge is 0.486 e. The summed E-state index contributed by atoms with van der Waals surface area (Å²) in [5.74, 6) is 1.84. The van der Waals surface area contributed by atoms with E-state index in [4.69, 9.17) is 14.5 Å². The van der Waals surface area contributed by atoms with Gasteiger partial charge in [0.25, 0.3) is 5.56 Å². The number of aromatic amines is 1. The summed E-state index contributed by atoms with van der Waals surface area (Å²) in [4.78, 5) is 22.6. The maximum absolute atomic E-state index is 13.4. The first-order valence-electron chi connectivity index (χ1n) is 10.6. The van der Waals surface area contributed by atoms with Gasteiger partial charge in [-0.3, -0.25) is 14.5 Å². The van der Waals surface area contributed by atoms with Crippen molar-refractivity contribution in [3.63, 3.8) is 0 Å². The zero-order valence-corrected chi connectivity index (χ0v) is 17.8. The number of rotatable bonds is 4. The van der Waals surface area contributed by atoms with Crippen LogP contribution in [0.2, 0.25) is 0 Å². The average Bonchev–Trinajstić information content (AvgIpc) is 3.25. The SMILES string of the molecule is Cc1[nH]nc2c1c(=O)n(-c1ccccc1)c1nc(NCC3COc4ccccc4O3)ncc21. The molecule has 2 N–H and O–H groups in total. The predicted molar refractivity (Wildman–Crippen MR) is 124 cm³/mol. The Kier molecular flexibility index (Phi) is 4.46. The number of anilines is 1. The standard InChI is InChI=1S/C24H20N6O3/c1-14-20-21(29-28-14)17-12-26-24(25-11-16-13-32-18-9-5-6-10-19(18)33-16)27-22(17)30(23(20)31)15-7-3-2-4-8-15/h2-10,12,16H,11,13H2,1H3,(H,28,29)(H,25,26,27). The minimum atomic E-state index is -0.202. The molecule has 1 aliphatic heterocycles. The normalized spacial score (nSPS) is 15.1. The second-order valence-electron chi connectivity index (χ2n) is 7.86. The Bertz CT molecular complexity index is 1540. The number of benzene rings is 2. The fourth-order valence-electron chi connectivity index (χ4n) is 4.07. The van der Waals surface area contributed by atoms with E-state index < -0.39 is 0 Å². The quantitative estimate of drug-likeness (QED) is 0.442. The molecule has 9 nitrogen and oxygen atoms in total. The third-order valence-corrected chi connectivity index (χ3v) is 5.67. The monoisotopic (exact) mass is 440 g/mol. The lowest BCUT2D eigenvalue weighted by Gasteiger charge is -2.26. The van der Waals surface area contributed by atoms with Crippen molar-refractivity contribution >= 4 is 27.9 Å². The van der Waals surface area contributed by atoms with Crippen LogP contribution in [0.5, 0.6) is 11.5 Å². The van der Waals surface area contributed by atoms with E-state index in [0.29, 0.717) is 52.5 Å². The Morgan fingerprint density at radius 2 is 1.91 bits per heavy atom. The van der Waals surface area contributed by atoms with E-state index in [2.05, 4.69) is 20.5 Å². The number of H-pyrrole nitrogens is 1. The summed E-state index contributed by atoms with van der Waals surface area (Å²) in [7, 11) is 0. The van der Waals surface area contributed by atoms with Gasteiger partial charge < -0.3 is 14.8 Å². The summed E-state index contributed by atoms with van der Waals surface area (Å²) in [5, 5.41) is 11.7. The van der Waals surface area contributed by atoms with Gasteiger partial charge in [-0.05, 0) is 31.2 Å². The van der Waals surface area contributed by atoms with Gasteiger partial charge in [0.15, 0.2) is 17.1 Å². The number of fused-ring (bicyclic) bond motifs is 4.